The van der Waals surface area contributed by atoms with Crippen LogP contribution < -0.4 is 10.6 Å². The van der Waals surface area contributed by atoms with E-state index in [9.17, 15) is 13.9 Å². The van der Waals surface area contributed by atoms with Crippen LogP contribution in [0.25, 0.3) is 33.5 Å². The van der Waals surface area contributed by atoms with Crippen LogP contribution in [0.2, 0.25) is 0 Å². The molecule has 4 aromatic rings. The molecule has 0 atom stereocenters. The van der Waals surface area contributed by atoms with Crippen molar-refractivity contribution in [2.75, 3.05) is 17.7 Å². The maximum atomic E-state index is 13.1. The van der Waals surface area contributed by atoms with E-state index >= 15 is 0 Å². The molecule has 0 aliphatic heterocycles. The van der Waals surface area contributed by atoms with Gasteiger partial charge in [0.15, 0.2) is 5.65 Å². The lowest BCUT2D eigenvalue weighted by Crippen LogP contribution is -2.36. The Morgan fingerprint density at radius 1 is 1.21 bits per heavy atom. The Labute approximate surface area is 195 Å². The second kappa shape index (κ2) is 8.46. The Morgan fingerprint density at radius 2 is 1.97 bits per heavy atom. The molecule has 0 saturated heterocycles. The van der Waals surface area contributed by atoms with Gasteiger partial charge in [-0.25, -0.2) is 18.7 Å². The summed E-state index contributed by atoms with van der Waals surface area (Å²) < 4.78 is 27.7. The van der Waals surface area contributed by atoms with Gasteiger partial charge in [-0.05, 0) is 51.7 Å². The van der Waals surface area contributed by atoms with Crippen molar-refractivity contribution >= 4 is 34.0 Å². The van der Waals surface area contributed by atoms with Crippen LogP contribution in [0.3, 0.4) is 0 Å². The molecular formula is C23H28F2N8O. The smallest absolute Gasteiger partial charge is 0.256 e. The van der Waals surface area contributed by atoms with Crippen molar-refractivity contribution in [2.45, 2.75) is 64.1 Å². The van der Waals surface area contributed by atoms with Gasteiger partial charge in [0, 0.05) is 24.8 Å². The molecule has 180 valence electrons. The van der Waals surface area contributed by atoms with Crippen LogP contribution in [-0.2, 0) is 6.54 Å². The molecule has 11 heteroatoms. The topological polar surface area (TPSA) is 117 Å². The third kappa shape index (κ3) is 4.15. The minimum atomic E-state index is -2.50. The number of hydrogen-bond acceptors (Lipinski definition) is 7. The van der Waals surface area contributed by atoms with Gasteiger partial charge in [0.2, 0.25) is 5.95 Å². The number of hydrogen-bond donors (Lipinski definition) is 4. The molecule has 1 saturated carbocycles. The van der Waals surface area contributed by atoms with Crippen molar-refractivity contribution in [3.8, 4) is 11.3 Å². The van der Waals surface area contributed by atoms with E-state index in [0.717, 1.165) is 36.6 Å². The number of aryl methyl sites for hydroxylation is 1. The van der Waals surface area contributed by atoms with Crippen LogP contribution in [-0.4, -0.2) is 59.7 Å². The Bertz CT molecular complexity index is 1340. The molecule has 1 aliphatic carbocycles. The Balaban J connectivity index is 1.51. The highest BCUT2D eigenvalue weighted by atomic mass is 19.3. The Kier molecular flexibility index (Phi) is 5.59. The molecule has 9 nitrogen and oxygen atoms in total. The average molecular weight is 471 g/mol. The van der Waals surface area contributed by atoms with Gasteiger partial charge in [0.1, 0.15) is 22.8 Å². The number of imidazole rings is 1. The normalized spacial score (nSPS) is 21.0. The van der Waals surface area contributed by atoms with Gasteiger partial charge in [0.05, 0.1) is 23.2 Å². The minimum absolute atomic E-state index is 0.194. The quantitative estimate of drug-likeness (QED) is 0.335. The summed E-state index contributed by atoms with van der Waals surface area (Å²) in [7, 11) is 1.79. The second-order valence-corrected chi connectivity index (χ2v) is 9.19. The van der Waals surface area contributed by atoms with Crippen molar-refractivity contribution in [3.63, 3.8) is 0 Å². The number of anilines is 2. The maximum absolute atomic E-state index is 13.1. The van der Waals surface area contributed by atoms with Gasteiger partial charge in [-0.3, -0.25) is 0 Å². The third-order valence-corrected chi connectivity index (χ3v) is 6.54. The largest absolute Gasteiger partial charge is 0.390 e. The SMILES string of the molecule is CNc1nc(N[C@H]2CC[C@@](C)(O)CC2)nc2[nH]cc(-c3ccc4nc(C)n(CC(F)F)c4n3)c12. The number of aliphatic hydroxyl groups is 1. The first-order chi connectivity index (χ1) is 16.2. The first-order valence-corrected chi connectivity index (χ1v) is 11.4. The number of nitrogens with one attached hydrogen (secondary N) is 3. The molecule has 0 amide bonds. The Morgan fingerprint density at radius 3 is 2.68 bits per heavy atom. The number of alkyl halides is 2. The predicted octanol–water partition coefficient (Wildman–Crippen LogP) is 4.09. The summed E-state index contributed by atoms with van der Waals surface area (Å²) in [6.45, 7) is 3.12. The van der Waals surface area contributed by atoms with Crippen molar-refractivity contribution in [3.05, 3.63) is 24.2 Å². The highest BCUT2D eigenvalue weighted by Gasteiger charge is 2.29. The van der Waals surface area contributed by atoms with Crippen LogP contribution in [0.5, 0.6) is 0 Å². The molecule has 0 bridgehead atoms. The van der Waals surface area contributed by atoms with Crippen LogP contribution in [0.15, 0.2) is 18.3 Å². The fraction of sp³-hybridized carbons (Fsp3) is 0.478. The number of halogens is 2. The van der Waals surface area contributed by atoms with E-state index in [1.54, 1.807) is 26.2 Å². The van der Waals surface area contributed by atoms with Crippen molar-refractivity contribution < 1.29 is 13.9 Å². The average Bonchev–Trinajstić information content (AvgIpc) is 3.35. The maximum Gasteiger partial charge on any atom is 0.256 e. The zero-order chi connectivity index (χ0) is 24.0. The van der Waals surface area contributed by atoms with Gasteiger partial charge in [-0.15, -0.1) is 0 Å². The zero-order valence-electron chi connectivity index (χ0n) is 19.4. The fourth-order valence-corrected chi connectivity index (χ4v) is 4.67. The van der Waals surface area contributed by atoms with E-state index in [0.29, 0.717) is 40.1 Å². The number of fused-ring (bicyclic) bond motifs is 2. The molecular weight excluding hydrogens is 442 g/mol. The number of nitrogens with zero attached hydrogens (tertiary/aromatic N) is 5. The molecule has 0 spiro atoms. The third-order valence-electron chi connectivity index (χ3n) is 6.54. The molecule has 4 N–H and O–H groups in total. The van der Waals surface area contributed by atoms with Gasteiger partial charge >= 0.3 is 0 Å². The molecule has 0 radical (unpaired) electrons. The lowest BCUT2D eigenvalue weighted by atomic mass is 9.84. The molecule has 1 aliphatic rings. The predicted molar refractivity (Wildman–Crippen MR) is 127 cm³/mol. The molecule has 5 rings (SSSR count). The van der Waals surface area contributed by atoms with Crippen LogP contribution in [0.4, 0.5) is 20.5 Å². The van der Waals surface area contributed by atoms with Crippen LogP contribution in [0.1, 0.15) is 38.4 Å². The summed E-state index contributed by atoms with van der Waals surface area (Å²) in [4.78, 5) is 21.6. The number of pyridine rings is 1. The van der Waals surface area contributed by atoms with Gasteiger partial charge < -0.3 is 25.3 Å². The standard InChI is InChI=1S/C23H28F2N8O/c1-12-28-16-5-4-15(30-21(16)33(12)11-17(24)25)14-10-27-20-18(14)19(26-3)31-22(32-20)29-13-6-8-23(2,34)9-7-13/h4-5,10,13,17,34H,6-9,11H2,1-3H3,(H3,26,27,29,31,32)/t13-,23+. The number of rotatable bonds is 6. The molecule has 0 unspecified atom stereocenters. The molecule has 0 aromatic carbocycles. The summed E-state index contributed by atoms with van der Waals surface area (Å²) in [5.74, 6) is 1.63. The van der Waals surface area contributed by atoms with Crippen LogP contribution in [0, 0.1) is 6.92 Å². The second-order valence-electron chi connectivity index (χ2n) is 9.19. The van der Waals surface area contributed by atoms with E-state index in [4.69, 9.17) is 0 Å². The lowest BCUT2D eigenvalue weighted by molar-refractivity contribution is 0.0195. The van der Waals surface area contributed by atoms with E-state index < -0.39 is 18.6 Å². The highest BCUT2D eigenvalue weighted by Crippen LogP contribution is 2.34. The minimum Gasteiger partial charge on any atom is -0.390 e. The lowest BCUT2D eigenvalue weighted by Gasteiger charge is -2.33. The first kappa shape index (κ1) is 22.5. The van der Waals surface area contributed by atoms with Crippen LogP contribution >= 0.6 is 0 Å². The number of aromatic amines is 1. The number of H-pyrrole nitrogens is 1. The van der Waals surface area contributed by atoms with Gasteiger partial charge in [0.25, 0.3) is 6.43 Å². The van der Waals surface area contributed by atoms with E-state index in [1.807, 2.05) is 13.0 Å². The summed E-state index contributed by atoms with van der Waals surface area (Å²) in [5.41, 5.74) is 2.41. The first-order valence-electron chi connectivity index (χ1n) is 11.4. The summed E-state index contributed by atoms with van der Waals surface area (Å²) in [5, 5.41) is 17.5. The number of aromatic nitrogens is 6. The molecule has 4 aromatic heterocycles. The molecule has 4 heterocycles. The molecule has 34 heavy (non-hydrogen) atoms. The van der Waals surface area contributed by atoms with Crippen molar-refractivity contribution in [1.82, 2.24) is 29.5 Å². The summed E-state index contributed by atoms with van der Waals surface area (Å²) in [6, 6.07) is 3.81. The van der Waals surface area contributed by atoms with E-state index in [2.05, 4.69) is 35.6 Å². The molecule has 1 fully saturated rings. The van der Waals surface area contributed by atoms with E-state index in [1.165, 1.54) is 4.57 Å². The zero-order valence-corrected chi connectivity index (χ0v) is 19.4. The fourth-order valence-electron chi connectivity index (χ4n) is 4.67. The van der Waals surface area contributed by atoms with Gasteiger partial charge in [-0.1, -0.05) is 0 Å². The monoisotopic (exact) mass is 470 g/mol. The van der Waals surface area contributed by atoms with Gasteiger partial charge in [-0.2, -0.15) is 9.97 Å². The summed E-state index contributed by atoms with van der Waals surface area (Å²) in [6.07, 6.45) is 2.45. The highest BCUT2D eigenvalue weighted by molar-refractivity contribution is 6.01. The van der Waals surface area contributed by atoms with Crippen molar-refractivity contribution in [2.24, 2.45) is 0 Å². The Hall–Kier alpha value is -3.34. The van der Waals surface area contributed by atoms with E-state index in [-0.39, 0.29) is 6.04 Å². The van der Waals surface area contributed by atoms with Crippen molar-refractivity contribution in [1.29, 1.82) is 0 Å². The summed E-state index contributed by atoms with van der Waals surface area (Å²) >= 11 is 0.